The van der Waals surface area contributed by atoms with E-state index in [4.69, 9.17) is 0 Å². The van der Waals surface area contributed by atoms with Gasteiger partial charge in [-0.05, 0) is 105 Å². The Labute approximate surface area is 140 Å². The highest BCUT2D eigenvalue weighted by atomic mass is 31.1. The molecule has 1 heterocycles. The minimum absolute atomic E-state index is 0.395. The molecule has 0 radical (unpaired) electrons. The molecule has 1 aromatic rings. The Bertz CT molecular complexity index is 931. The first kappa shape index (κ1) is 14.0. The van der Waals surface area contributed by atoms with Gasteiger partial charge in [-0.15, -0.1) is 0 Å². The van der Waals surface area contributed by atoms with E-state index in [0.717, 1.165) is 15.0 Å². The van der Waals surface area contributed by atoms with Gasteiger partial charge in [0, 0.05) is 0 Å². The fraction of sp³-hybridized carbons (Fsp3) is 0.364. The highest BCUT2D eigenvalue weighted by molar-refractivity contribution is 7.45. The second kappa shape index (κ2) is 3.98. The summed E-state index contributed by atoms with van der Waals surface area (Å²) in [6.07, 6.45) is 3.40. The van der Waals surface area contributed by atoms with Gasteiger partial charge < -0.3 is 0 Å². The molecule has 116 valence electrons. The second-order valence-corrected chi connectivity index (χ2v) is 10.4. The molecule has 3 aliphatic carbocycles. The van der Waals surface area contributed by atoms with Crippen molar-refractivity contribution in [1.82, 2.24) is 0 Å². The SMILES string of the molecule is C=C1C/C(=C2/c3c(C)c(C)c4c(c32)C4)C(=C)C2=C1PC(C)(C)C2. The third-order valence-electron chi connectivity index (χ3n) is 6.13. The van der Waals surface area contributed by atoms with Crippen LogP contribution in [0.4, 0.5) is 0 Å². The molecule has 5 rings (SSSR count). The maximum atomic E-state index is 4.53. The van der Waals surface area contributed by atoms with E-state index < -0.39 is 0 Å². The molecule has 0 N–H and O–H groups in total. The zero-order valence-electron chi connectivity index (χ0n) is 14.5. The molecule has 1 atom stereocenters. The van der Waals surface area contributed by atoms with E-state index in [1.54, 1.807) is 22.3 Å². The summed E-state index contributed by atoms with van der Waals surface area (Å²) in [6, 6.07) is 0. The normalized spacial score (nSPS) is 27.3. The van der Waals surface area contributed by atoms with Crippen LogP contribution in [-0.2, 0) is 6.42 Å². The molecule has 0 nitrogen and oxygen atoms in total. The molecule has 0 saturated heterocycles. The van der Waals surface area contributed by atoms with Gasteiger partial charge in [-0.3, -0.25) is 0 Å². The highest BCUT2D eigenvalue weighted by Crippen LogP contribution is 2.63. The summed E-state index contributed by atoms with van der Waals surface area (Å²) in [5, 5.41) is 1.93. The predicted octanol–water partition coefficient (Wildman–Crippen LogP) is 5.95. The first-order valence-electron chi connectivity index (χ1n) is 8.58. The minimum atomic E-state index is 0.395. The molecule has 1 heteroatoms. The summed E-state index contributed by atoms with van der Waals surface area (Å²) in [7, 11) is 0.894. The van der Waals surface area contributed by atoms with Gasteiger partial charge in [-0.2, -0.15) is 0 Å². The Kier molecular flexibility index (Phi) is 2.42. The molecule has 0 saturated carbocycles. The number of rotatable bonds is 0. The fourth-order valence-corrected chi connectivity index (χ4v) is 6.29. The van der Waals surface area contributed by atoms with E-state index in [2.05, 4.69) is 40.9 Å². The van der Waals surface area contributed by atoms with Crippen LogP contribution in [-0.4, -0.2) is 5.16 Å². The van der Waals surface area contributed by atoms with Gasteiger partial charge in [0.1, 0.15) is 0 Å². The summed E-state index contributed by atoms with van der Waals surface area (Å²) in [4.78, 5) is 0. The maximum Gasteiger partial charge on any atom is -0.00106 e. The monoisotopic (exact) mass is 318 g/mol. The molecule has 1 aliphatic heterocycles. The smallest absolute Gasteiger partial charge is 0.00106 e. The van der Waals surface area contributed by atoms with Crippen LogP contribution in [0.2, 0.25) is 0 Å². The number of fused-ring (bicyclic) bond motifs is 3. The lowest BCUT2D eigenvalue weighted by molar-refractivity contribution is 0.714. The van der Waals surface area contributed by atoms with Crippen LogP contribution in [0, 0.1) is 13.8 Å². The van der Waals surface area contributed by atoms with Crippen molar-refractivity contribution in [3.63, 3.8) is 0 Å². The molecule has 4 aliphatic rings. The van der Waals surface area contributed by atoms with Crippen LogP contribution in [0.15, 0.2) is 40.8 Å². The quantitative estimate of drug-likeness (QED) is 0.449. The van der Waals surface area contributed by atoms with Crippen molar-refractivity contribution in [2.24, 2.45) is 0 Å². The third-order valence-corrected chi connectivity index (χ3v) is 7.89. The number of benzene rings is 1. The van der Waals surface area contributed by atoms with Crippen molar-refractivity contribution in [2.45, 2.75) is 52.1 Å². The molecule has 0 bridgehead atoms. The van der Waals surface area contributed by atoms with E-state index in [1.807, 2.05) is 0 Å². The van der Waals surface area contributed by atoms with E-state index in [1.165, 1.54) is 57.1 Å². The summed E-state index contributed by atoms with van der Waals surface area (Å²) in [5.74, 6) is 0. The maximum absolute atomic E-state index is 4.53. The predicted molar refractivity (Wildman–Crippen MR) is 102 cm³/mol. The lowest BCUT2D eigenvalue weighted by atomic mass is 9.82. The average molecular weight is 318 g/mol. The van der Waals surface area contributed by atoms with Gasteiger partial charge in [0.15, 0.2) is 0 Å². The summed E-state index contributed by atoms with van der Waals surface area (Å²) in [6.45, 7) is 18.3. The molecular formula is C22H23P. The zero-order chi connectivity index (χ0) is 16.3. The van der Waals surface area contributed by atoms with Crippen molar-refractivity contribution >= 4 is 14.2 Å². The molecule has 0 aromatic heterocycles. The minimum Gasteiger partial charge on any atom is -0.0949 e. The first-order valence-corrected chi connectivity index (χ1v) is 9.58. The van der Waals surface area contributed by atoms with Gasteiger partial charge >= 0.3 is 0 Å². The van der Waals surface area contributed by atoms with Crippen molar-refractivity contribution in [3.05, 3.63) is 74.1 Å². The van der Waals surface area contributed by atoms with E-state index in [9.17, 15) is 0 Å². The zero-order valence-corrected chi connectivity index (χ0v) is 15.5. The van der Waals surface area contributed by atoms with Crippen molar-refractivity contribution in [2.75, 3.05) is 0 Å². The van der Waals surface area contributed by atoms with Gasteiger partial charge in [0.05, 0.1) is 0 Å². The summed E-state index contributed by atoms with van der Waals surface area (Å²) in [5.41, 5.74) is 16.6. The van der Waals surface area contributed by atoms with Crippen LogP contribution in [0.1, 0.15) is 60.1 Å². The number of hydrogen-bond donors (Lipinski definition) is 0. The highest BCUT2D eigenvalue weighted by Gasteiger charge is 2.44. The third kappa shape index (κ3) is 1.71. The Morgan fingerprint density at radius 1 is 0.913 bits per heavy atom. The second-order valence-electron chi connectivity index (χ2n) is 8.29. The molecule has 1 unspecified atom stereocenters. The lowest BCUT2D eigenvalue weighted by Crippen LogP contribution is -2.09. The average Bonchev–Trinajstić information content (AvgIpc) is 3.34. The van der Waals surface area contributed by atoms with Crippen LogP contribution < -0.4 is 0 Å². The Morgan fingerprint density at radius 3 is 2.39 bits per heavy atom. The van der Waals surface area contributed by atoms with Crippen molar-refractivity contribution in [1.29, 1.82) is 0 Å². The van der Waals surface area contributed by atoms with Crippen LogP contribution in [0.25, 0.3) is 5.57 Å². The van der Waals surface area contributed by atoms with Gasteiger partial charge in [0.2, 0.25) is 0 Å². The summed E-state index contributed by atoms with van der Waals surface area (Å²) >= 11 is 0. The Morgan fingerprint density at radius 2 is 1.65 bits per heavy atom. The molecular weight excluding hydrogens is 295 g/mol. The fourth-order valence-electron chi connectivity index (χ4n) is 4.69. The number of hydrogen-bond acceptors (Lipinski definition) is 0. The van der Waals surface area contributed by atoms with Crippen molar-refractivity contribution in [3.8, 4) is 0 Å². The van der Waals surface area contributed by atoms with Gasteiger partial charge in [-0.1, -0.05) is 35.6 Å². The van der Waals surface area contributed by atoms with Gasteiger partial charge in [0.25, 0.3) is 0 Å². The molecule has 0 amide bonds. The van der Waals surface area contributed by atoms with Crippen molar-refractivity contribution < 1.29 is 0 Å². The van der Waals surface area contributed by atoms with E-state index in [0.29, 0.717) is 5.16 Å². The molecule has 1 aromatic carbocycles. The van der Waals surface area contributed by atoms with Gasteiger partial charge in [-0.25, -0.2) is 0 Å². The van der Waals surface area contributed by atoms with Crippen LogP contribution in [0.3, 0.4) is 0 Å². The topological polar surface area (TPSA) is 0 Å². The van der Waals surface area contributed by atoms with Crippen LogP contribution in [0.5, 0.6) is 0 Å². The van der Waals surface area contributed by atoms with Crippen LogP contribution >= 0.6 is 8.58 Å². The molecule has 0 spiro atoms. The molecule has 23 heavy (non-hydrogen) atoms. The number of allylic oxidation sites excluding steroid dienone is 5. The Balaban J connectivity index is 1.65. The lowest BCUT2D eigenvalue weighted by Gasteiger charge is -2.22. The molecule has 0 fully saturated rings. The van der Waals surface area contributed by atoms with E-state index in [-0.39, 0.29) is 0 Å². The Hall–Kier alpha value is -1.39. The summed E-state index contributed by atoms with van der Waals surface area (Å²) < 4.78 is 0. The first-order chi connectivity index (χ1) is 10.8. The standard InChI is InChI=1S/C22H23P/c1-10-7-15(13(4)17-9-22(5,6)23-21(10)17)19-18-12(3)11(2)14-8-16(14)20(18)19/h23H,1,4,7-9H2,2-3,5-6H3/b19-15+. The largest absolute Gasteiger partial charge is 0.0949 e. The van der Waals surface area contributed by atoms with E-state index >= 15 is 0 Å².